The molecule has 0 saturated carbocycles. The molecule has 0 spiro atoms. The smallest absolute Gasteiger partial charge is 0.276 e. The normalized spacial score (nSPS) is 20.0. The summed E-state index contributed by atoms with van der Waals surface area (Å²) in [5, 5.41) is 10.8. The lowest BCUT2D eigenvalue weighted by molar-refractivity contribution is 0.102. The number of carbonyl (C=O) groups excluding carboxylic acids is 1. The molecule has 2 aromatic rings. The van der Waals surface area contributed by atoms with E-state index in [1.165, 1.54) is 25.9 Å². The molecular formula is C22H31N5O2. The van der Waals surface area contributed by atoms with E-state index in [2.05, 4.69) is 20.6 Å². The van der Waals surface area contributed by atoms with Crippen molar-refractivity contribution in [2.75, 3.05) is 44.6 Å². The fraction of sp³-hybridized carbons (Fsp3) is 0.545. The van der Waals surface area contributed by atoms with Gasteiger partial charge in [-0.1, -0.05) is 0 Å². The van der Waals surface area contributed by atoms with Gasteiger partial charge < -0.3 is 15.4 Å². The van der Waals surface area contributed by atoms with Crippen LogP contribution in [0.5, 0.6) is 5.75 Å². The fourth-order valence-corrected chi connectivity index (χ4v) is 4.10. The average molecular weight is 398 g/mol. The molecule has 4 rings (SSSR count). The molecule has 2 N–H and O–H groups in total. The summed E-state index contributed by atoms with van der Waals surface area (Å²) < 4.78 is 7.84. The molecule has 1 amide bonds. The quantitative estimate of drug-likeness (QED) is 0.752. The van der Waals surface area contributed by atoms with Crippen molar-refractivity contribution >= 4 is 11.6 Å². The summed E-state index contributed by atoms with van der Waals surface area (Å²) in [7, 11) is 0. The molecule has 1 aromatic carbocycles. The molecule has 7 heteroatoms. The molecule has 1 unspecified atom stereocenters. The number of nitrogens with one attached hydrogen (secondary N) is 2. The van der Waals surface area contributed by atoms with Crippen molar-refractivity contribution in [1.82, 2.24) is 20.0 Å². The first-order valence-corrected chi connectivity index (χ1v) is 10.7. The summed E-state index contributed by atoms with van der Waals surface area (Å²) in [6.45, 7) is 7.99. The van der Waals surface area contributed by atoms with E-state index in [1.807, 2.05) is 36.0 Å². The first-order valence-electron chi connectivity index (χ1n) is 10.7. The number of anilines is 1. The van der Waals surface area contributed by atoms with Crippen LogP contribution in [0.1, 0.15) is 47.8 Å². The highest BCUT2D eigenvalue weighted by Gasteiger charge is 2.18. The number of piperidine rings is 1. The van der Waals surface area contributed by atoms with Gasteiger partial charge in [0.2, 0.25) is 0 Å². The van der Waals surface area contributed by atoms with Crippen molar-refractivity contribution in [1.29, 1.82) is 0 Å². The maximum atomic E-state index is 12.6. The molecule has 0 bridgehead atoms. The van der Waals surface area contributed by atoms with Crippen LogP contribution in [0, 0.1) is 6.92 Å². The van der Waals surface area contributed by atoms with Crippen LogP contribution >= 0.6 is 0 Å². The van der Waals surface area contributed by atoms with Gasteiger partial charge in [0, 0.05) is 25.0 Å². The maximum absolute atomic E-state index is 12.6. The Bertz CT molecular complexity index is 822. The van der Waals surface area contributed by atoms with Crippen LogP contribution in [-0.4, -0.2) is 59.9 Å². The lowest BCUT2D eigenvalue weighted by Gasteiger charge is -2.22. The van der Waals surface area contributed by atoms with E-state index in [9.17, 15) is 4.79 Å². The number of rotatable bonds is 7. The van der Waals surface area contributed by atoms with Gasteiger partial charge in [0.1, 0.15) is 12.4 Å². The van der Waals surface area contributed by atoms with E-state index < -0.39 is 0 Å². The first kappa shape index (κ1) is 19.9. The van der Waals surface area contributed by atoms with Gasteiger partial charge >= 0.3 is 0 Å². The Kier molecular flexibility index (Phi) is 6.46. The molecule has 2 fully saturated rings. The SMILES string of the molecule is Cc1cc(NC(=O)c2ccn(C3CCCNC3)n2)ccc1OCCN1CCCC1. The molecule has 2 aliphatic heterocycles. The Morgan fingerprint density at radius 2 is 2.14 bits per heavy atom. The van der Waals surface area contributed by atoms with E-state index in [1.54, 1.807) is 6.07 Å². The van der Waals surface area contributed by atoms with Gasteiger partial charge in [-0.15, -0.1) is 0 Å². The fourth-order valence-electron chi connectivity index (χ4n) is 4.10. The molecular weight excluding hydrogens is 366 g/mol. The summed E-state index contributed by atoms with van der Waals surface area (Å²) in [4.78, 5) is 15.0. The molecule has 2 saturated heterocycles. The Labute approximate surface area is 172 Å². The molecule has 0 radical (unpaired) electrons. The number of carbonyl (C=O) groups is 1. The Morgan fingerprint density at radius 1 is 1.28 bits per heavy atom. The Hall–Kier alpha value is -2.38. The van der Waals surface area contributed by atoms with E-state index in [4.69, 9.17) is 4.74 Å². The highest BCUT2D eigenvalue weighted by molar-refractivity contribution is 6.02. The minimum Gasteiger partial charge on any atom is -0.492 e. The van der Waals surface area contributed by atoms with Crippen LogP contribution < -0.4 is 15.4 Å². The maximum Gasteiger partial charge on any atom is 0.276 e. The van der Waals surface area contributed by atoms with Crippen molar-refractivity contribution in [2.45, 2.75) is 38.6 Å². The van der Waals surface area contributed by atoms with Gasteiger partial charge in [-0.3, -0.25) is 14.4 Å². The number of likely N-dealkylation sites (tertiary alicyclic amines) is 1. The monoisotopic (exact) mass is 397 g/mol. The zero-order chi connectivity index (χ0) is 20.1. The second-order valence-electron chi connectivity index (χ2n) is 8.01. The number of aryl methyl sites for hydroxylation is 1. The van der Waals surface area contributed by atoms with E-state index in [0.717, 1.165) is 49.5 Å². The molecule has 3 heterocycles. The molecule has 1 aromatic heterocycles. The van der Waals surface area contributed by atoms with Crippen LogP contribution in [0.4, 0.5) is 5.69 Å². The lowest BCUT2D eigenvalue weighted by Crippen LogP contribution is -2.32. The van der Waals surface area contributed by atoms with Gasteiger partial charge in [-0.2, -0.15) is 5.10 Å². The van der Waals surface area contributed by atoms with Crippen molar-refractivity contribution in [3.63, 3.8) is 0 Å². The van der Waals surface area contributed by atoms with Crippen LogP contribution in [0.15, 0.2) is 30.5 Å². The number of nitrogens with zero attached hydrogens (tertiary/aromatic N) is 3. The summed E-state index contributed by atoms with van der Waals surface area (Å²) in [5.41, 5.74) is 2.22. The van der Waals surface area contributed by atoms with Crippen LogP contribution in [0.25, 0.3) is 0 Å². The number of hydrogen-bond donors (Lipinski definition) is 2. The zero-order valence-electron chi connectivity index (χ0n) is 17.2. The molecule has 0 aliphatic carbocycles. The molecule has 156 valence electrons. The highest BCUT2D eigenvalue weighted by Crippen LogP contribution is 2.23. The third kappa shape index (κ3) is 5.16. The number of amides is 1. The molecule has 29 heavy (non-hydrogen) atoms. The van der Waals surface area contributed by atoms with E-state index >= 15 is 0 Å². The minimum atomic E-state index is -0.186. The highest BCUT2D eigenvalue weighted by atomic mass is 16.5. The van der Waals surface area contributed by atoms with Gasteiger partial charge in [-0.25, -0.2) is 0 Å². The molecule has 7 nitrogen and oxygen atoms in total. The van der Waals surface area contributed by atoms with Crippen LogP contribution in [0.3, 0.4) is 0 Å². The predicted molar refractivity (Wildman–Crippen MR) is 114 cm³/mol. The topological polar surface area (TPSA) is 71.4 Å². The second-order valence-corrected chi connectivity index (χ2v) is 8.01. The average Bonchev–Trinajstić information content (AvgIpc) is 3.42. The zero-order valence-corrected chi connectivity index (χ0v) is 17.2. The third-order valence-corrected chi connectivity index (χ3v) is 5.78. The number of aromatic nitrogens is 2. The number of hydrogen-bond acceptors (Lipinski definition) is 5. The molecule has 2 aliphatic rings. The van der Waals surface area contributed by atoms with Crippen molar-refractivity contribution in [2.24, 2.45) is 0 Å². The van der Waals surface area contributed by atoms with Gasteiger partial charge in [-0.05, 0) is 82.1 Å². The van der Waals surface area contributed by atoms with Gasteiger partial charge in [0.05, 0.1) is 6.04 Å². The Morgan fingerprint density at radius 3 is 2.90 bits per heavy atom. The van der Waals surface area contributed by atoms with Gasteiger partial charge in [0.15, 0.2) is 5.69 Å². The summed E-state index contributed by atoms with van der Waals surface area (Å²) in [6.07, 6.45) is 6.72. The van der Waals surface area contributed by atoms with Crippen LogP contribution in [0.2, 0.25) is 0 Å². The van der Waals surface area contributed by atoms with E-state index in [-0.39, 0.29) is 5.91 Å². The van der Waals surface area contributed by atoms with Crippen molar-refractivity contribution < 1.29 is 9.53 Å². The molecule has 1 atom stereocenters. The Balaban J connectivity index is 1.31. The van der Waals surface area contributed by atoms with Crippen molar-refractivity contribution in [3.05, 3.63) is 41.7 Å². The first-order chi connectivity index (χ1) is 14.2. The summed E-state index contributed by atoms with van der Waals surface area (Å²) in [5.74, 6) is 0.686. The third-order valence-electron chi connectivity index (χ3n) is 5.78. The van der Waals surface area contributed by atoms with Crippen LogP contribution in [-0.2, 0) is 0 Å². The van der Waals surface area contributed by atoms with Crippen molar-refractivity contribution in [3.8, 4) is 5.75 Å². The standard InChI is InChI=1S/C22H31N5O2/c1-17-15-18(6-7-21(17)29-14-13-26-10-2-3-11-26)24-22(28)20-8-12-27(25-20)19-5-4-9-23-16-19/h6-8,12,15,19,23H,2-5,9-11,13-14,16H2,1H3,(H,24,28). The minimum absolute atomic E-state index is 0.186. The largest absolute Gasteiger partial charge is 0.492 e. The van der Waals surface area contributed by atoms with Gasteiger partial charge in [0.25, 0.3) is 5.91 Å². The lowest BCUT2D eigenvalue weighted by atomic mass is 10.1. The summed E-state index contributed by atoms with van der Waals surface area (Å²) in [6, 6.07) is 7.88. The van der Waals surface area contributed by atoms with E-state index in [0.29, 0.717) is 18.3 Å². The predicted octanol–water partition coefficient (Wildman–Crippen LogP) is 2.84. The number of ether oxygens (including phenoxy) is 1. The summed E-state index contributed by atoms with van der Waals surface area (Å²) >= 11 is 0. The second kappa shape index (κ2) is 9.41. The number of benzene rings is 1.